The van der Waals surface area contributed by atoms with Crippen molar-refractivity contribution in [3.63, 3.8) is 0 Å². The molecule has 8 rings (SSSR count). The Bertz CT molecular complexity index is 2780. The first-order chi connectivity index (χ1) is 32.4. The summed E-state index contributed by atoms with van der Waals surface area (Å²) >= 11 is 0. The third-order valence-electron chi connectivity index (χ3n) is 11.5. The molecule has 0 amide bonds. The van der Waals surface area contributed by atoms with E-state index in [0.717, 1.165) is 34.4 Å². The van der Waals surface area contributed by atoms with Crippen molar-refractivity contribution in [3.8, 4) is 0 Å². The van der Waals surface area contributed by atoms with Gasteiger partial charge < -0.3 is 30.0 Å². The molecule has 0 saturated heterocycles. The van der Waals surface area contributed by atoms with E-state index in [2.05, 4.69) is 10.6 Å². The number of alkyl halides is 6. The minimum absolute atomic E-state index is 0.0999. The Hall–Kier alpha value is -7.38. The highest BCUT2D eigenvalue weighted by atomic mass is 19.4. The van der Waals surface area contributed by atoms with E-state index >= 15 is 0 Å². The molecule has 4 N–H and O–H groups in total. The zero-order chi connectivity index (χ0) is 48.7. The highest BCUT2D eigenvalue weighted by Gasteiger charge is 2.57. The van der Waals surface area contributed by atoms with Gasteiger partial charge in [0.25, 0.3) is 11.4 Å². The molecule has 18 heteroatoms. The third kappa shape index (κ3) is 10.7. The van der Waals surface area contributed by atoms with Gasteiger partial charge in [-0.1, -0.05) is 121 Å². The fourth-order valence-electron chi connectivity index (χ4n) is 7.93. The van der Waals surface area contributed by atoms with Gasteiger partial charge in [-0.25, -0.2) is 0 Å². The van der Waals surface area contributed by atoms with Crippen LogP contribution in [0.3, 0.4) is 0 Å². The van der Waals surface area contributed by atoms with E-state index in [4.69, 9.17) is 0 Å². The molecule has 2 atom stereocenters. The molecular weight excluding hydrogens is 895 g/mol. The maximum Gasteiger partial charge on any atom is 0.422 e. The smallest absolute Gasteiger partial charge is 0.375 e. The van der Waals surface area contributed by atoms with E-state index < -0.39 is 46.5 Å². The maximum atomic E-state index is 14.3. The zero-order valence-corrected chi connectivity index (χ0v) is 36.0. The number of aliphatic hydroxyl groups is 2. The standard InChI is InChI=1S/2C25H22F3N3O3/c2*26-25(27,28)24(32,17-29-14-18-7-3-1-4-8-18)22-16-30(15-19-9-5-2-6-10-19)23-13-20(31(33)34)11-12-21(22)23/h2*1-13,16,29,32H,14-15,17H2. The summed E-state index contributed by atoms with van der Waals surface area (Å²) in [5.41, 5.74) is -4.02. The van der Waals surface area contributed by atoms with Crippen LogP contribution in [-0.2, 0) is 37.4 Å². The van der Waals surface area contributed by atoms with Crippen LogP contribution in [0.1, 0.15) is 33.4 Å². The molecule has 0 radical (unpaired) electrons. The lowest BCUT2D eigenvalue weighted by Gasteiger charge is -2.31. The van der Waals surface area contributed by atoms with E-state index in [1.807, 2.05) is 12.1 Å². The molecule has 12 nitrogen and oxygen atoms in total. The number of nitro benzene ring substituents is 2. The predicted molar refractivity (Wildman–Crippen MR) is 244 cm³/mol. The summed E-state index contributed by atoms with van der Waals surface area (Å²) in [5.74, 6) is 0. The fourth-order valence-corrected chi connectivity index (χ4v) is 7.93. The van der Waals surface area contributed by atoms with Crippen LogP contribution in [0, 0.1) is 20.2 Å². The number of hydrogen-bond donors (Lipinski definition) is 4. The van der Waals surface area contributed by atoms with Crippen molar-refractivity contribution in [1.29, 1.82) is 0 Å². The molecule has 0 bridgehead atoms. The lowest BCUT2D eigenvalue weighted by Crippen LogP contribution is -2.49. The number of halogens is 6. The molecule has 0 aliphatic rings. The minimum atomic E-state index is -5.00. The second kappa shape index (κ2) is 20.2. The maximum absolute atomic E-state index is 14.3. The van der Waals surface area contributed by atoms with Gasteiger partial charge in [0.2, 0.25) is 0 Å². The van der Waals surface area contributed by atoms with Crippen LogP contribution in [0.4, 0.5) is 37.7 Å². The van der Waals surface area contributed by atoms with Crippen LogP contribution in [-0.4, -0.2) is 54.6 Å². The van der Waals surface area contributed by atoms with Gasteiger partial charge in [-0.05, 0) is 34.4 Å². The molecule has 2 unspecified atom stereocenters. The van der Waals surface area contributed by atoms with Crippen molar-refractivity contribution in [2.45, 2.75) is 49.7 Å². The van der Waals surface area contributed by atoms with Crippen LogP contribution in [0.5, 0.6) is 0 Å². The minimum Gasteiger partial charge on any atom is -0.375 e. The second-order valence-corrected chi connectivity index (χ2v) is 16.1. The number of benzene rings is 6. The third-order valence-corrected chi connectivity index (χ3v) is 11.5. The molecule has 68 heavy (non-hydrogen) atoms. The van der Waals surface area contributed by atoms with Gasteiger partial charge in [-0.3, -0.25) is 20.2 Å². The molecule has 352 valence electrons. The van der Waals surface area contributed by atoms with Gasteiger partial charge in [0.1, 0.15) is 0 Å². The highest BCUT2D eigenvalue weighted by Crippen LogP contribution is 2.44. The van der Waals surface area contributed by atoms with E-state index in [-0.39, 0.29) is 70.5 Å². The average molecular weight is 939 g/mol. The highest BCUT2D eigenvalue weighted by molar-refractivity contribution is 5.88. The summed E-state index contributed by atoms with van der Waals surface area (Å²) in [4.78, 5) is 21.4. The number of rotatable bonds is 16. The summed E-state index contributed by atoms with van der Waals surface area (Å²) < 4.78 is 88.7. The Morgan fingerprint density at radius 1 is 0.471 bits per heavy atom. The first-order valence-corrected chi connectivity index (χ1v) is 21.1. The number of aromatic nitrogens is 2. The number of non-ortho nitro benzene ring substituents is 2. The fraction of sp³-hybridized carbons (Fsp3) is 0.200. The average Bonchev–Trinajstić information content (AvgIpc) is 3.87. The number of nitrogens with zero attached hydrogens (tertiary/aromatic N) is 4. The second-order valence-electron chi connectivity index (χ2n) is 16.1. The van der Waals surface area contributed by atoms with Crippen LogP contribution in [0.25, 0.3) is 21.8 Å². The molecule has 0 saturated carbocycles. The van der Waals surface area contributed by atoms with Gasteiger partial charge in [0.05, 0.1) is 20.9 Å². The summed E-state index contributed by atoms with van der Waals surface area (Å²) in [5, 5.41) is 50.3. The zero-order valence-electron chi connectivity index (χ0n) is 36.0. The number of nitro groups is 2. The molecule has 0 fully saturated rings. The van der Waals surface area contributed by atoms with Crippen molar-refractivity contribution in [2.24, 2.45) is 0 Å². The Kier molecular flexibility index (Phi) is 14.4. The van der Waals surface area contributed by atoms with Crippen molar-refractivity contribution >= 4 is 33.2 Å². The van der Waals surface area contributed by atoms with Crippen LogP contribution in [0.15, 0.2) is 170 Å². The molecule has 0 aliphatic carbocycles. The molecule has 8 aromatic rings. The predicted octanol–water partition coefficient (Wildman–Crippen LogP) is 10.3. The first kappa shape index (κ1) is 48.6. The molecular formula is C50H44F6N6O6. The Morgan fingerprint density at radius 3 is 1.07 bits per heavy atom. The molecule has 2 aromatic heterocycles. The SMILES string of the molecule is O=[N+]([O-])c1ccc2c(C(O)(CNCc3ccccc3)C(F)(F)F)cn(Cc3ccccc3)c2c1.O=[N+]([O-])c1ccc2c(C(O)(CNCc3ccccc3)C(F)(F)F)cn(Cc3ccccc3)c2c1. The van der Waals surface area contributed by atoms with E-state index in [1.165, 1.54) is 45.8 Å². The number of fused-ring (bicyclic) bond motifs is 2. The van der Waals surface area contributed by atoms with Gasteiger partial charge in [0.15, 0.2) is 11.2 Å². The molecule has 0 aliphatic heterocycles. The van der Waals surface area contributed by atoms with Gasteiger partial charge >= 0.3 is 12.4 Å². The first-order valence-electron chi connectivity index (χ1n) is 21.1. The van der Waals surface area contributed by atoms with Crippen LogP contribution >= 0.6 is 0 Å². The quantitative estimate of drug-likeness (QED) is 0.0423. The summed E-state index contributed by atoms with van der Waals surface area (Å²) in [7, 11) is 0. The topological polar surface area (TPSA) is 161 Å². The normalized spacial score (nSPS) is 13.6. The van der Waals surface area contributed by atoms with E-state index in [1.54, 1.807) is 109 Å². The van der Waals surface area contributed by atoms with Crippen molar-refractivity contribution < 1.29 is 46.4 Å². The van der Waals surface area contributed by atoms with Gasteiger partial charge in [0, 0.05) is 97.8 Å². The summed E-state index contributed by atoms with van der Waals surface area (Å²) in [6, 6.07) is 43.1. The van der Waals surface area contributed by atoms with Crippen molar-refractivity contribution in [1.82, 2.24) is 19.8 Å². The Balaban J connectivity index is 0.000000201. The van der Waals surface area contributed by atoms with E-state index in [9.17, 15) is 56.8 Å². The molecule has 6 aromatic carbocycles. The van der Waals surface area contributed by atoms with Crippen molar-refractivity contribution in [2.75, 3.05) is 13.1 Å². The molecule has 0 spiro atoms. The van der Waals surface area contributed by atoms with Gasteiger partial charge in [-0.15, -0.1) is 0 Å². The summed E-state index contributed by atoms with van der Waals surface area (Å²) in [6.07, 6.45) is -7.52. The Morgan fingerprint density at radius 2 is 0.779 bits per heavy atom. The largest absolute Gasteiger partial charge is 0.422 e. The van der Waals surface area contributed by atoms with Crippen LogP contribution in [0.2, 0.25) is 0 Å². The monoisotopic (exact) mass is 938 g/mol. The van der Waals surface area contributed by atoms with E-state index in [0.29, 0.717) is 0 Å². The van der Waals surface area contributed by atoms with Crippen molar-refractivity contribution in [3.05, 3.63) is 224 Å². The summed E-state index contributed by atoms with van der Waals surface area (Å²) in [6.45, 7) is -0.936. The lowest BCUT2D eigenvalue weighted by atomic mass is 9.92. The number of nitrogens with one attached hydrogen (secondary N) is 2. The lowest BCUT2D eigenvalue weighted by molar-refractivity contribution is -0.384. The van der Waals surface area contributed by atoms with Crippen LogP contribution < -0.4 is 10.6 Å². The molecule has 2 heterocycles. The van der Waals surface area contributed by atoms with Gasteiger partial charge in [-0.2, -0.15) is 26.3 Å². The Labute approximate surface area is 385 Å². The number of hydrogen-bond acceptors (Lipinski definition) is 8.